The fourth-order valence-corrected chi connectivity index (χ4v) is 3.37. The molecule has 0 radical (unpaired) electrons. The number of carbonyl (C=O) groups excluding carboxylic acids is 1. The van der Waals surface area contributed by atoms with E-state index in [1.807, 2.05) is 62.4 Å². The van der Waals surface area contributed by atoms with Crippen LogP contribution in [0.5, 0.6) is 0 Å². The molecular weight excluding hydrogens is 376 g/mol. The number of aliphatic hydroxyl groups is 1. The first kappa shape index (κ1) is 20.0. The van der Waals surface area contributed by atoms with Crippen molar-refractivity contribution in [1.82, 2.24) is 9.97 Å². The third-order valence-corrected chi connectivity index (χ3v) is 5.09. The first-order valence-corrected chi connectivity index (χ1v) is 9.96. The monoisotopic (exact) mass is 400 g/mol. The minimum Gasteiger partial charge on any atom is -0.454 e. The lowest BCUT2D eigenvalue weighted by molar-refractivity contribution is 0.0739. The van der Waals surface area contributed by atoms with E-state index in [1.54, 1.807) is 26.2 Å². The van der Waals surface area contributed by atoms with Crippen LogP contribution in [-0.4, -0.2) is 20.9 Å². The minimum absolute atomic E-state index is 0.0389. The summed E-state index contributed by atoms with van der Waals surface area (Å²) in [4.78, 5) is 20.9. The highest BCUT2D eigenvalue weighted by molar-refractivity contribution is 5.98. The molecule has 0 saturated carbocycles. The number of ketones is 1. The number of Topliss-reactive ketones (excluding diaryl/α,β-unsaturated/α-hetero) is 1. The molecule has 0 spiro atoms. The highest BCUT2D eigenvalue weighted by Crippen LogP contribution is 2.34. The predicted molar refractivity (Wildman–Crippen MR) is 117 cm³/mol. The Balaban J connectivity index is 1.76. The van der Waals surface area contributed by atoms with E-state index < -0.39 is 5.60 Å². The van der Waals surface area contributed by atoms with Crippen molar-refractivity contribution in [3.8, 4) is 22.5 Å². The highest BCUT2D eigenvalue weighted by atomic mass is 16.3. The van der Waals surface area contributed by atoms with Crippen LogP contribution in [0, 0.1) is 5.92 Å². The molecule has 0 aliphatic rings. The van der Waals surface area contributed by atoms with E-state index in [4.69, 9.17) is 4.42 Å². The molecule has 0 fully saturated rings. The maximum Gasteiger partial charge on any atom is 0.165 e. The van der Waals surface area contributed by atoms with Crippen LogP contribution >= 0.6 is 0 Å². The SMILES string of the molecule is CC(C)C(=O)c1ccc(-c2cc3nccc(-c4ccnc(C(C)(C)O)c4)c3o2)cc1. The van der Waals surface area contributed by atoms with Gasteiger partial charge in [0.25, 0.3) is 0 Å². The van der Waals surface area contributed by atoms with Crippen LogP contribution in [0.1, 0.15) is 43.7 Å². The second-order valence-electron chi connectivity index (χ2n) is 8.27. The first-order chi connectivity index (χ1) is 14.2. The summed E-state index contributed by atoms with van der Waals surface area (Å²) in [5.74, 6) is 0.767. The molecule has 0 unspecified atom stereocenters. The second kappa shape index (κ2) is 7.50. The van der Waals surface area contributed by atoms with Gasteiger partial charge in [-0.25, -0.2) is 0 Å². The van der Waals surface area contributed by atoms with E-state index >= 15 is 0 Å². The first-order valence-electron chi connectivity index (χ1n) is 9.96. The summed E-state index contributed by atoms with van der Waals surface area (Å²) in [6, 6.07) is 15.0. The number of furan rings is 1. The van der Waals surface area contributed by atoms with Crippen molar-refractivity contribution in [3.63, 3.8) is 0 Å². The Morgan fingerprint density at radius 1 is 0.967 bits per heavy atom. The smallest absolute Gasteiger partial charge is 0.165 e. The Bertz CT molecular complexity index is 1220. The van der Waals surface area contributed by atoms with Gasteiger partial charge in [0.1, 0.15) is 16.9 Å². The zero-order chi connectivity index (χ0) is 21.5. The largest absolute Gasteiger partial charge is 0.454 e. The maximum absolute atomic E-state index is 12.2. The van der Waals surface area contributed by atoms with Gasteiger partial charge in [0.05, 0.1) is 5.69 Å². The number of benzene rings is 1. The summed E-state index contributed by atoms with van der Waals surface area (Å²) in [5, 5.41) is 10.3. The number of hydrogen-bond acceptors (Lipinski definition) is 5. The lowest BCUT2D eigenvalue weighted by atomic mass is 9.99. The fraction of sp³-hybridized carbons (Fsp3) is 0.240. The molecule has 152 valence electrons. The molecule has 5 nitrogen and oxygen atoms in total. The van der Waals surface area contributed by atoms with Gasteiger partial charge in [-0.3, -0.25) is 14.8 Å². The molecule has 1 aromatic carbocycles. The Hall–Kier alpha value is -3.31. The summed E-state index contributed by atoms with van der Waals surface area (Å²) >= 11 is 0. The van der Waals surface area contributed by atoms with Crippen LogP contribution in [0.15, 0.2) is 65.3 Å². The molecule has 5 heteroatoms. The van der Waals surface area contributed by atoms with Gasteiger partial charge in [-0.05, 0) is 37.6 Å². The third kappa shape index (κ3) is 3.76. The molecule has 4 aromatic rings. The summed E-state index contributed by atoms with van der Waals surface area (Å²) in [6.45, 7) is 7.20. The van der Waals surface area contributed by atoms with Crippen LogP contribution in [0.3, 0.4) is 0 Å². The summed E-state index contributed by atoms with van der Waals surface area (Å²) in [6.07, 6.45) is 3.43. The van der Waals surface area contributed by atoms with Crippen molar-refractivity contribution >= 4 is 16.9 Å². The molecule has 4 rings (SSSR count). The van der Waals surface area contributed by atoms with Crippen LogP contribution < -0.4 is 0 Å². The normalized spacial score (nSPS) is 11.9. The van der Waals surface area contributed by atoms with Crippen molar-refractivity contribution in [3.05, 3.63) is 72.2 Å². The van der Waals surface area contributed by atoms with Gasteiger partial charge < -0.3 is 9.52 Å². The molecule has 0 amide bonds. The third-order valence-electron chi connectivity index (χ3n) is 5.09. The highest BCUT2D eigenvalue weighted by Gasteiger charge is 2.19. The van der Waals surface area contributed by atoms with Crippen molar-refractivity contribution in [2.45, 2.75) is 33.3 Å². The van der Waals surface area contributed by atoms with Gasteiger partial charge in [-0.15, -0.1) is 0 Å². The van der Waals surface area contributed by atoms with Crippen LogP contribution in [-0.2, 0) is 5.60 Å². The molecule has 0 bridgehead atoms. The number of rotatable bonds is 5. The van der Waals surface area contributed by atoms with E-state index in [-0.39, 0.29) is 11.7 Å². The fourth-order valence-electron chi connectivity index (χ4n) is 3.37. The van der Waals surface area contributed by atoms with Crippen LogP contribution in [0.25, 0.3) is 33.6 Å². The number of pyridine rings is 2. The van der Waals surface area contributed by atoms with E-state index in [2.05, 4.69) is 9.97 Å². The zero-order valence-corrected chi connectivity index (χ0v) is 17.5. The lowest BCUT2D eigenvalue weighted by Crippen LogP contribution is -2.17. The van der Waals surface area contributed by atoms with Gasteiger partial charge in [-0.2, -0.15) is 0 Å². The molecule has 0 saturated heterocycles. The number of hydrogen-bond donors (Lipinski definition) is 1. The minimum atomic E-state index is -1.04. The molecule has 3 aromatic heterocycles. The number of fused-ring (bicyclic) bond motifs is 1. The topological polar surface area (TPSA) is 76.2 Å². The number of nitrogens with zero attached hydrogens (tertiary/aromatic N) is 2. The quantitative estimate of drug-likeness (QED) is 0.440. The van der Waals surface area contributed by atoms with E-state index in [0.29, 0.717) is 22.6 Å². The van der Waals surface area contributed by atoms with Crippen molar-refractivity contribution in [2.75, 3.05) is 0 Å². The summed E-state index contributed by atoms with van der Waals surface area (Å²) in [5.41, 5.74) is 4.31. The second-order valence-corrected chi connectivity index (χ2v) is 8.27. The Morgan fingerprint density at radius 2 is 1.67 bits per heavy atom. The molecule has 3 heterocycles. The summed E-state index contributed by atoms with van der Waals surface area (Å²) < 4.78 is 6.18. The molecule has 0 aliphatic carbocycles. The Labute approximate surface area is 175 Å². The van der Waals surface area contributed by atoms with E-state index in [1.165, 1.54) is 0 Å². The molecular formula is C25H24N2O3. The standard InChI is InChI=1S/C25H24N2O3/c1-15(2)23(28)17-7-5-16(6-8-17)21-14-20-24(30-21)19(10-12-26-20)18-9-11-27-22(13-18)25(3,4)29/h5-15,29H,1-4H3. The van der Waals surface area contributed by atoms with Gasteiger partial charge in [-0.1, -0.05) is 38.1 Å². The van der Waals surface area contributed by atoms with E-state index in [0.717, 1.165) is 22.2 Å². The van der Waals surface area contributed by atoms with Gasteiger partial charge in [0.15, 0.2) is 11.4 Å². The Morgan fingerprint density at radius 3 is 2.33 bits per heavy atom. The summed E-state index contributed by atoms with van der Waals surface area (Å²) in [7, 11) is 0. The van der Waals surface area contributed by atoms with Gasteiger partial charge >= 0.3 is 0 Å². The van der Waals surface area contributed by atoms with Crippen molar-refractivity contribution < 1.29 is 14.3 Å². The molecule has 0 atom stereocenters. The molecule has 30 heavy (non-hydrogen) atoms. The van der Waals surface area contributed by atoms with Gasteiger partial charge in [0.2, 0.25) is 0 Å². The number of carbonyl (C=O) groups is 1. The molecule has 0 aliphatic heterocycles. The number of aromatic nitrogens is 2. The molecule has 1 N–H and O–H groups in total. The van der Waals surface area contributed by atoms with E-state index in [9.17, 15) is 9.90 Å². The average molecular weight is 400 g/mol. The predicted octanol–water partition coefficient (Wildman–Crippen LogP) is 5.62. The van der Waals surface area contributed by atoms with Crippen LogP contribution in [0.2, 0.25) is 0 Å². The van der Waals surface area contributed by atoms with Gasteiger partial charge in [0, 0.05) is 41.1 Å². The van der Waals surface area contributed by atoms with Crippen molar-refractivity contribution in [1.29, 1.82) is 0 Å². The lowest BCUT2D eigenvalue weighted by Gasteiger charge is -2.17. The average Bonchev–Trinajstić information content (AvgIpc) is 3.17. The van der Waals surface area contributed by atoms with Crippen LogP contribution in [0.4, 0.5) is 0 Å². The zero-order valence-electron chi connectivity index (χ0n) is 17.5. The maximum atomic E-state index is 12.2. The van der Waals surface area contributed by atoms with Crippen molar-refractivity contribution in [2.24, 2.45) is 5.92 Å². The Kier molecular flexibility index (Phi) is 5.00.